The van der Waals surface area contributed by atoms with Gasteiger partial charge in [-0.05, 0) is 31.0 Å². The van der Waals surface area contributed by atoms with E-state index in [1.807, 2.05) is 25.1 Å². The van der Waals surface area contributed by atoms with Gasteiger partial charge in [0.2, 0.25) is 0 Å². The van der Waals surface area contributed by atoms with Crippen molar-refractivity contribution in [2.75, 3.05) is 6.54 Å². The van der Waals surface area contributed by atoms with Gasteiger partial charge >= 0.3 is 0 Å². The van der Waals surface area contributed by atoms with E-state index >= 15 is 0 Å². The molecule has 1 rings (SSSR count). The summed E-state index contributed by atoms with van der Waals surface area (Å²) >= 11 is 6.97. The number of amides is 1. The predicted octanol–water partition coefficient (Wildman–Crippen LogP) is 4.05. The molecule has 0 aliphatic heterocycles. The molecule has 0 aliphatic carbocycles. The molecular weight excluding hydrogens is 346 g/mol. The van der Waals surface area contributed by atoms with Crippen LogP contribution in [-0.2, 0) is 0 Å². The average molecular weight is 363 g/mol. The highest BCUT2D eigenvalue weighted by Gasteiger charge is 2.09. The molecule has 0 saturated carbocycles. The molecule has 0 bridgehead atoms. The second-order valence-electron chi connectivity index (χ2n) is 4.06. The predicted molar refractivity (Wildman–Crippen MR) is 78.8 cm³/mol. The Kier molecular flexibility index (Phi) is 6.20. The molecule has 1 aromatic rings. The molecule has 0 spiro atoms. The van der Waals surface area contributed by atoms with Crippen molar-refractivity contribution in [3.05, 3.63) is 33.8 Å². The van der Waals surface area contributed by atoms with Crippen LogP contribution in [0.2, 0.25) is 0 Å². The fourth-order valence-corrected chi connectivity index (χ4v) is 2.45. The lowest BCUT2D eigenvalue weighted by Crippen LogP contribution is -2.29. The first-order chi connectivity index (χ1) is 8.04. The van der Waals surface area contributed by atoms with Gasteiger partial charge in [-0.25, -0.2) is 0 Å². The number of benzene rings is 1. The van der Waals surface area contributed by atoms with Crippen molar-refractivity contribution < 1.29 is 4.79 Å². The van der Waals surface area contributed by atoms with Crippen molar-refractivity contribution >= 4 is 37.8 Å². The van der Waals surface area contributed by atoms with Crippen molar-refractivity contribution in [3.8, 4) is 0 Å². The summed E-state index contributed by atoms with van der Waals surface area (Å²) in [6, 6.07) is 5.64. The number of alkyl halides is 1. The highest BCUT2D eigenvalue weighted by Crippen LogP contribution is 2.17. The fourth-order valence-electron chi connectivity index (χ4n) is 1.45. The zero-order valence-electron chi connectivity index (χ0n) is 10.1. The molecule has 94 valence electrons. The third-order valence-electron chi connectivity index (χ3n) is 2.52. The van der Waals surface area contributed by atoms with Crippen molar-refractivity contribution in [3.63, 3.8) is 0 Å². The summed E-state index contributed by atoms with van der Waals surface area (Å²) in [5.74, 6) is -0.0220. The fraction of sp³-hybridized carbons (Fsp3) is 0.462. The Hall–Kier alpha value is -0.350. The van der Waals surface area contributed by atoms with Gasteiger partial charge in [0.25, 0.3) is 5.91 Å². The van der Waals surface area contributed by atoms with E-state index in [9.17, 15) is 4.79 Å². The van der Waals surface area contributed by atoms with Gasteiger partial charge in [0.05, 0.1) is 0 Å². The summed E-state index contributed by atoms with van der Waals surface area (Å²) in [5.41, 5.74) is 1.82. The van der Waals surface area contributed by atoms with E-state index in [0.29, 0.717) is 16.9 Å². The Labute approximate surface area is 119 Å². The van der Waals surface area contributed by atoms with Crippen LogP contribution in [0.4, 0.5) is 0 Å². The van der Waals surface area contributed by atoms with Gasteiger partial charge in [-0.15, -0.1) is 0 Å². The number of hydrogen-bond donors (Lipinski definition) is 1. The van der Waals surface area contributed by atoms with E-state index in [4.69, 9.17) is 0 Å². The van der Waals surface area contributed by atoms with E-state index in [2.05, 4.69) is 44.1 Å². The molecule has 17 heavy (non-hydrogen) atoms. The molecular formula is C13H17Br2NO. The van der Waals surface area contributed by atoms with Crippen LogP contribution in [-0.4, -0.2) is 17.3 Å². The lowest BCUT2D eigenvalue weighted by Gasteiger charge is -2.10. The number of halogens is 2. The molecule has 1 N–H and O–H groups in total. The van der Waals surface area contributed by atoms with Crippen molar-refractivity contribution in [1.29, 1.82) is 0 Å². The largest absolute Gasteiger partial charge is 0.351 e. The molecule has 1 atom stereocenters. The molecule has 0 saturated heterocycles. The van der Waals surface area contributed by atoms with Crippen LogP contribution in [0.5, 0.6) is 0 Å². The minimum Gasteiger partial charge on any atom is -0.351 e. The Bertz CT molecular complexity index is 393. The van der Waals surface area contributed by atoms with E-state index in [1.54, 1.807) is 0 Å². The molecule has 4 heteroatoms. The summed E-state index contributed by atoms with van der Waals surface area (Å²) in [5, 5.41) is 2.92. The van der Waals surface area contributed by atoms with Gasteiger partial charge in [0.1, 0.15) is 0 Å². The molecule has 1 unspecified atom stereocenters. The zero-order valence-corrected chi connectivity index (χ0v) is 13.3. The number of carbonyl (C=O) groups excluding carboxylic acids is 1. The van der Waals surface area contributed by atoms with Crippen molar-refractivity contribution in [2.24, 2.45) is 0 Å². The maximum atomic E-state index is 11.9. The monoisotopic (exact) mass is 361 g/mol. The number of nitrogens with one attached hydrogen (secondary N) is 1. The van der Waals surface area contributed by atoms with E-state index < -0.39 is 0 Å². The van der Waals surface area contributed by atoms with Crippen LogP contribution in [0, 0.1) is 6.92 Å². The Morgan fingerprint density at radius 1 is 1.47 bits per heavy atom. The summed E-state index contributed by atoms with van der Waals surface area (Å²) in [4.78, 5) is 12.2. The van der Waals surface area contributed by atoms with Crippen LogP contribution in [0.1, 0.15) is 35.7 Å². The molecule has 1 aromatic carbocycles. The molecule has 2 nitrogen and oxygen atoms in total. The highest BCUT2D eigenvalue weighted by molar-refractivity contribution is 9.10. The number of rotatable bonds is 5. The maximum absolute atomic E-state index is 11.9. The van der Waals surface area contributed by atoms with Crippen LogP contribution < -0.4 is 5.32 Å². The molecule has 0 radical (unpaired) electrons. The standard InChI is InChI=1S/C13H17Br2NO/c1-3-4-11(14)8-16-13(17)10-6-5-9(2)12(15)7-10/h5-7,11H,3-4,8H2,1-2H3,(H,16,17). The van der Waals surface area contributed by atoms with Crippen molar-refractivity contribution in [2.45, 2.75) is 31.5 Å². The van der Waals surface area contributed by atoms with Gasteiger partial charge in [-0.3, -0.25) is 4.79 Å². The summed E-state index contributed by atoms with van der Waals surface area (Å²) in [6.45, 7) is 4.80. The van der Waals surface area contributed by atoms with Gasteiger partial charge in [0, 0.05) is 21.4 Å². The second kappa shape index (κ2) is 7.17. The molecule has 1 amide bonds. The highest BCUT2D eigenvalue weighted by atomic mass is 79.9. The van der Waals surface area contributed by atoms with E-state index in [-0.39, 0.29) is 5.91 Å². The Balaban J connectivity index is 2.55. The summed E-state index contributed by atoms with van der Waals surface area (Å²) in [7, 11) is 0. The Morgan fingerprint density at radius 3 is 2.76 bits per heavy atom. The minimum absolute atomic E-state index is 0.0220. The number of carbonyl (C=O) groups is 1. The third kappa shape index (κ3) is 4.80. The topological polar surface area (TPSA) is 29.1 Å². The van der Waals surface area contributed by atoms with Gasteiger partial charge in [-0.1, -0.05) is 51.3 Å². The third-order valence-corrected chi connectivity index (χ3v) is 4.16. The smallest absolute Gasteiger partial charge is 0.251 e. The van der Waals surface area contributed by atoms with Crippen LogP contribution in [0.25, 0.3) is 0 Å². The van der Waals surface area contributed by atoms with E-state index in [1.165, 1.54) is 0 Å². The van der Waals surface area contributed by atoms with Gasteiger partial charge in [0.15, 0.2) is 0 Å². The SMILES string of the molecule is CCCC(Br)CNC(=O)c1ccc(C)c(Br)c1. The van der Waals surface area contributed by atoms with Crippen LogP contribution in [0.3, 0.4) is 0 Å². The number of hydrogen-bond acceptors (Lipinski definition) is 1. The second-order valence-corrected chi connectivity index (χ2v) is 6.21. The molecule has 0 fully saturated rings. The molecule has 0 heterocycles. The first-order valence-electron chi connectivity index (χ1n) is 5.73. The molecule has 0 aromatic heterocycles. The average Bonchev–Trinajstić information content (AvgIpc) is 2.30. The number of aryl methyl sites for hydroxylation is 1. The zero-order chi connectivity index (χ0) is 12.8. The molecule has 0 aliphatic rings. The first-order valence-corrected chi connectivity index (χ1v) is 7.44. The van der Waals surface area contributed by atoms with Crippen LogP contribution >= 0.6 is 31.9 Å². The summed E-state index contributed by atoms with van der Waals surface area (Å²) in [6.07, 6.45) is 2.18. The van der Waals surface area contributed by atoms with Gasteiger partial charge < -0.3 is 5.32 Å². The maximum Gasteiger partial charge on any atom is 0.251 e. The lowest BCUT2D eigenvalue weighted by molar-refractivity contribution is 0.0953. The normalized spacial score (nSPS) is 12.2. The van der Waals surface area contributed by atoms with E-state index in [0.717, 1.165) is 22.9 Å². The summed E-state index contributed by atoms with van der Waals surface area (Å²) < 4.78 is 0.967. The van der Waals surface area contributed by atoms with Crippen molar-refractivity contribution in [1.82, 2.24) is 5.32 Å². The first kappa shape index (κ1) is 14.7. The Morgan fingerprint density at radius 2 is 2.18 bits per heavy atom. The quantitative estimate of drug-likeness (QED) is 0.786. The van der Waals surface area contributed by atoms with Gasteiger partial charge in [-0.2, -0.15) is 0 Å². The lowest BCUT2D eigenvalue weighted by atomic mass is 10.1. The van der Waals surface area contributed by atoms with Crippen LogP contribution in [0.15, 0.2) is 22.7 Å². The minimum atomic E-state index is -0.0220.